The van der Waals surface area contributed by atoms with Crippen LogP contribution in [-0.2, 0) is 19.6 Å². The lowest BCUT2D eigenvalue weighted by molar-refractivity contribution is 0.279. The van der Waals surface area contributed by atoms with Gasteiger partial charge < -0.3 is 14.9 Å². The molecule has 0 saturated carbocycles. The first-order chi connectivity index (χ1) is 14.0. The molecule has 1 heterocycles. The first-order valence-electron chi connectivity index (χ1n) is 9.16. The second-order valence-electron chi connectivity index (χ2n) is 6.34. The van der Waals surface area contributed by atoms with E-state index in [0.29, 0.717) is 33.4 Å². The molecule has 3 rings (SSSR count). The molecule has 0 unspecified atom stereocenters. The molecule has 29 heavy (non-hydrogen) atoms. The molecule has 0 spiro atoms. The van der Waals surface area contributed by atoms with Gasteiger partial charge in [0.25, 0.3) is 0 Å². The Balaban J connectivity index is 1.75. The number of rotatable bonds is 9. The van der Waals surface area contributed by atoms with Crippen molar-refractivity contribution >= 4 is 23.8 Å². The van der Waals surface area contributed by atoms with E-state index in [1.165, 1.54) is 6.07 Å². The summed E-state index contributed by atoms with van der Waals surface area (Å²) in [5, 5.41) is 7.50. The van der Waals surface area contributed by atoms with Crippen molar-refractivity contribution in [3.63, 3.8) is 0 Å². The van der Waals surface area contributed by atoms with E-state index in [2.05, 4.69) is 22.5 Å². The van der Waals surface area contributed by atoms with E-state index in [9.17, 15) is 4.39 Å². The summed E-state index contributed by atoms with van der Waals surface area (Å²) in [6.45, 7) is 2.55. The van der Waals surface area contributed by atoms with E-state index in [1.54, 1.807) is 42.1 Å². The largest absolute Gasteiger partial charge is 0.493 e. The average molecular weight is 437 g/mol. The molecule has 0 bridgehead atoms. The Kier molecular flexibility index (Phi) is 7.11. The van der Waals surface area contributed by atoms with Crippen LogP contribution in [-0.4, -0.2) is 22.0 Å². The number of methoxy groups -OCH3 is 1. The molecule has 0 atom stereocenters. The van der Waals surface area contributed by atoms with E-state index in [-0.39, 0.29) is 12.4 Å². The van der Waals surface area contributed by atoms with Crippen LogP contribution >= 0.6 is 23.8 Å². The maximum atomic E-state index is 13.8. The minimum absolute atomic E-state index is 0.0710. The van der Waals surface area contributed by atoms with Crippen LogP contribution in [0.15, 0.2) is 36.4 Å². The molecule has 0 fully saturated rings. The lowest BCUT2D eigenvalue weighted by atomic mass is 10.2. The smallest absolute Gasteiger partial charge is 0.214 e. The summed E-state index contributed by atoms with van der Waals surface area (Å²) in [5.74, 6) is 1.45. The quantitative estimate of drug-likeness (QED) is 0.461. The van der Waals surface area contributed by atoms with Crippen molar-refractivity contribution in [3.05, 3.63) is 69.0 Å². The van der Waals surface area contributed by atoms with Crippen LogP contribution in [0.5, 0.6) is 11.5 Å². The molecule has 154 valence electrons. The predicted octanol–water partition coefficient (Wildman–Crippen LogP) is 5.02. The third kappa shape index (κ3) is 5.07. The summed E-state index contributed by atoms with van der Waals surface area (Å²) in [6.07, 6.45) is 1.74. The standard InChI is InChI=1S/C20H22ClFN4O2S/c1-3-6-19-24-25-20(29)26(19)23-11-14-9-17(27-2)18(10-15(14)21)28-12-13-7-4-5-8-16(13)22/h4-5,7-10,23H,3,6,11-12H2,1-2H3,(H,25,29). The first-order valence-corrected chi connectivity index (χ1v) is 9.94. The minimum Gasteiger partial charge on any atom is -0.493 e. The van der Waals surface area contributed by atoms with Crippen LogP contribution in [0.3, 0.4) is 0 Å². The van der Waals surface area contributed by atoms with Gasteiger partial charge in [0, 0.05) is 23.1 Å². The molecule has 0 aliphatic carbocycles. The molecule has 9 heteroatoms. The molecule has 0 aliphatic rings. The number of hydrogen-bond acceptors (Lipinski definition) is 5. The highest BCUT2D eigenvalue weighted by Crippen LogP contribution is 2.34. The molecule has 0 aliphatic heterocycles. The van der Waals surface area contributed by atoms with Gasteiger partial charge in [-0.2, -0.15) is 5.10 Å². The van der Waals surface area contributed by atoms with Gasteiger partial charge in [-0.15, -0.1) is 0 Å². The fourth-order valence-corrected chi connectivity index (χ4v) is 3.24. The molecule has 2 N–H and O–H groups in total. The maximum absolute atomic E-state index is 13.8. The monoisotopic (exact) mass is 436 g/mol. The SMILES string of the molecule is CCCc1n[nH]c(=S)n1NCc1cc(OC)c(OCc2ccccc2F)cc1Cl. The number of nitrogens with zero attached hydrogens (tertiary/aromatic N) is 2. The zero-order valence-corrected chi connectivity index (χ0v) is 17.7. The van der Waals surface area contributed by atoms with Crippen LogP contribution < -0.4 is 14.9 Å². The molecule has 1 aromatic heterocycles. The van der Waals surface area contributed by atoms with Gasteiger partial charge in [0.05, 0.1) is 13.7 Å². The normalized spacial score (nSPS) is 10.8. The fourth-order valence-electron chi connectivity index (χ4n) is 2.80. The highest BCUT2D eigenvalue weighted by atomic mass is 35.5. The fraction of sp³-hybridized carbons (Fsp3) is 0.300. The van der Waals surface area contributed by atoms with Crippen molar-refractivity contribution in [1.82, 2.24) is 14.9 Å². The van der Waals surface area contributed by atoms with E-state index in [4.69, 9.17) is 33.3 Å². The van der Waals surface area contributed by atoms with Gasteiger partial charge in [0.15, 0.2) is 17.3 Å². The molecule has 0 saturated heterocycles. The topological polar surface area (TPSA) is 64.1 Å². The Bertz CT molecular complexity index is 1040. The predicted molar refractivity (Wildman–Crippen MR) is 113 cm³/mol. The summed E-state index contributed by atoms with van der Waals surface area (Å²) < 4.78 is 27.2. The van der Waals surface area contributed by atoms with Gasteiger partial charge in [0.1, 0.15) is 12.4 Å². The molecule has 0 amide bonds. The van der Waals surface area contributed by atoms with Gasteiger partial charge in [-0.3, -0.25) is 5.10 Å². The summed E-state index contributed by atoms with van der Waals surface area (Å²) in [4.78, 5) is 0. The van der Waals surface area contributed by atoms with Crippen LogP contribution in [0.25, 0.3) is 0 Å². The lowest BCUT2D eigenvalue weighted by Crippen LogP contribution is -2.18. The number of halogens is 2. The van der Waals surface area contributed by atoms with Crippen LogP contribution in [0.2, 0.25) is 5.02 Å². The Labute approximate surface area is 178 Å². The van der Waals surface area contributed by atoms with E-state index < -0.39 is 0 Å². The zero-order valence-electron chi connectivity index (χ0n) is 16.2. The number of aromatic nitrogens is 3. The third-order valence-electron chi connectivity index (χ3n) is 4.32. The van der Waals surface area contributed by atoms with Gasteiger partial charge in [-0.25, -0.2) is 9.07 Å². The first kappa shape index (κ1) is 21.1. The van der Waals surface area contributed by atoms with E-state index in [1.807, 2.05) is 0 Å². The highest BCUT2D eigenvalue weighted by molar-refractivity contribution is 7.71. The molecule has 3 aromatic rings. The number of ether oxygens (including phenoxy) is 2. The molecule has 0 radical (unpaired) electrons. The number of aromatic amines is 1. The van der Waals surface area contributed by atoms with Gasteiger partial charge in [0.2, 0.25) is 4.77 Å². The average Bonchev–Trinajstić information content (AvgIpc) is 3.06. The van der Waals surface area contributed by atoms with Gasteiger partial charge in [-0.05, 0) is 36.3 Å². The van der Waals surface area contributed by atoms with Crippen LogP contribution in [0, 0.1) is 10.6 Å². The Morgan fingerprint density at radius 3 is 2.76 bits per heavy atom. The van der Waals surface area contributed by atoms with Crippen molar-refractivity contribution in [1.29, 1.82) is 0 Å². The Hall–Kier alpha value is -2.58. The lowest BCUT2D eigenvalue weighted by Gasteiger charge is -2.15. The molecular formula is C20H22ClFN4O2S. The van der Waals surface area contributed by atoms with Crippen molar-refractivity contribution in [2.24, 2.45) is 0 Å². The molecular weight excluding hydrogens is 415 g/mol. The molecule has 6 nitrogen and oxygen atoms in total. The molecule has 2 aromatic carbocycles. The van der Waals surface area contributed by atoms with Crippen molar-refractivity contribution in [2.75, 3.05) is 12.5 Å². The summed E-state index contributed by atoms with van der Waals surface area (Å²) >= 11 is 11.7. The summed E-state index contributed by atoms with van der Waals surface area (Å²) in [6, 6.07) is 9.91. The Morgan fingerprint density at radius 1 is 1.24 bits per heavy atom. The Morgan fingerprint density at radius 2 is 2.03 bits per heavy atom. The van der Waals surface area contributed by atoms with Crippen LogP contribution in [0.1, 0.15) is 30.3 Å². The summed E-state index contributed by atoms with van der Waals surface area (Å²) in [5.41, 5.74) is 4.48. The van der Waals surface area contributed by atoms with Gasteiger partial charge >= 0.3 is 0 Å². The third-order valence-corrected chi connectivity index (χ3v) is 4.94. The van der Waals surface area contributed by atoms with E-state index in [0.717, 1.165) is 24.2 Å². The van der Waals surface area contributed by atoms with Crippen LogP contribution in [0.4, 0.5) is 4.39 Å². The minimum atomic E-state index is -0.321. The zero-order chi connectivity index (χ0) is 20.8. The number of nitrogens with one attached hydrogen (secondary N) is 2. The maximum Gasteiger partial charge on any atom is 0.214 e. The second kappa shape index (κ2) is 9.76. The van der Waals surface area contributed by atoms with Gasteiger partial charge in [-0.1, -0.05) is 36.7 Å². The van der Waals surface area contributed by atoms with Crippen molar-refractivity contribution in [2.45, 2.75) is 32.9 Å². The number of aryl methyl sites for hydroxylation is 1. The summed E-state index contributed by atoms with van der Waals surface area (Å²) in [7, 11) is 1.54. The van der Waals surface area contributed by atoms with Crippen molar-refractivity contribution < 1.29 is 13.9 Å². The number of H-pyrrole nitrogens is 1. The number of hydrogen-bond donors (Lipinski definition) is 2. The van der Waals surface area contributed by atoms with Crippen molar-refractivity contribution in [3.8, 4) is 11.5 Å². The van der Waals surface area contributed by atoms with E-state index >= 15 is 0 Å². The highest BCUT2D eigenvalue weighted by Gasteiger charge is 2.13. The second-order valence-corrected chi connectivity index (χ2v) is 7.13. The number of benzene rings is 2.